The molecule has 7 rings (SSSR count). The van der Waals surface area contributed by atoms with E-state index >= 15 is 0 Å². The summed E-state index contributed by atoms with van der Waals surface area (Å²) in [5.74, 6) is 0. The van der Waals surface area contributed by atoms with Crippen LogP contribution >= 0.6 is 0 Å². The van der Waals surface area contributed by atoms with Crippen LogP contribution < -0.4 is 5.36 Å². The van der Waals surface area contributed by atoms with Crippen molar-refractivity contribution in [3.05, 3.63) is 89.7 Å². The third kappa shape index (κ3) is 1.98. The van der Waals surface area contributed by atoms with Crippen LogP contribution in [0.4, 0.5) is 5.69 Å². The van der Waals surface area contributed by atoms with Crippen LogP contribution in [-0.4, -0.2) is 15.0 Å². The molecule has 0 unspecified atom stereocenters. The lowest BCUT2D eigenvalue weighted by molar-refractivity contribution is 1.10. The summed E-state index contributed by atoms with van der Waals surface area (Å²) in [4.78, 5) is 18.9. The third-order valence-corrected chi connectivity index (χ3v) is 5.99. The fourth-order valence-electron chi connectivity index (χ4n) is 4.65. The van der Waals surface area contributed by atoms with E-state index in [1.54, 1.807) is 6.33 Å². The van der Waals surface area contributed by atoms with Crippen LogP contribution in [0.2, 0.25) is 0 Å². The van der Waals surface area contributed by atoms with Gasteiger partial charge in [-0.3, -0.25) is 4.98 Å². The van der Waals surface area contributed by atoms with Gasteiger partial charge in [0.05, 0.1) is 27.6 Å². The smallest absolute Gasteiger partial charge is 0.116 e. The number of aromatic nitrogens is 3. The first-order chi connectivity index (χ1) is 14.4. The van der Waals surface area contributed by atoms with Gasteiger partial charge in [-0.1, -0.05) is 42.5 Å². The Morgan fingerprint density at radius 2 is 1.62 bits per heavy atom. The Hall–Kier alpha value is -3.92. The molecule has 4 heteroatoms. The normalized spacial score (nSPS) is 13.0. The maximum absolute atomic E-state index is 5.15. The predicted molar refractivity (Wildman–Crippen MR) is 116 cm³/mol. The van der Waals surface area contributed by atoms with Crippen LogP contribution in [0.5, 0.6) is 0 Å². The molecule has 0 spiro atoms. The van der Waals surface area contributed by atoms with E-state index in [0.717, 1.165) is 60.9 Å². The summed E-state index contributed by atoms with van der Waals surface area (Å²) in [5, 5.41) is 6.68. The quantitative estimate of drug-likeness (QED) is 0.277. The number of nitrogens with zero attached hydrogens (tertiary/aromatic N) is 4. The van der Waals surface area contributed by atoms with Gasteiger partial charge >= 0.3 is 0 Å². The Labute approximate surface area is 165 Å². The maximum atomic E-state index is 5.15. The standard InChI is InChI=1S/C25H14N4/c1-3-15-12-19-18(25-21(15)20(5-1)27-13-28-25)9-8-16-11-17-7-6-14-4-2-10-26-23(14)24(17)29-22(16)19/h1-10,12-13H,11H2. The van der Waals surface area contributed by atoms with Crippen molar-refractivity contribution in [1.82, 2.24) is 15.0 Å². The van der Waals surface area contributed by atoms with E-state index in [0.29, 0.717) is 0 Å². The molecule has 4 nitrogen and oxygen atoms in total. The van der Waals surface area contributed by atoms with Crippen molar-refractivity contribution in [2.24, 2.45) is 4.99 Å². The monoisotopic (exact) mass is 370 g/mol. The second-order valence-electron chi connectivity index (χ2n) is 7.58. The summed E-state index contributed by atoms with van der Waals surface area (Å²) in [6.45, 7) is 0. The maximum Gasteiger partial charge on any atom is 0.116 e. The third-order valence-electron chi connectivity index (χ3n) is 5.99. The van der Waals surface area contributed by atoms with Crippen LogP contribution in [0.1, 0.15) is 11.1 Å². The molecule has 0 radical (unpaired) electrons. The number of rotatable bonds is 0. The van der Waals surface area contributed by atoms with Crippen LogP contribution in [0.15, 0.2) is 78.2 Å². The largest absolute Gasteiger partial charge is 0.254 e. The van der Waals surface area contributed by atoms with Crippen molar-refractivity contribution in [3.63, 3.8) is 0 Å². The van der Waals surface area contributed by atoms with E-state index in [4.69, 9.17) is 4.99 Å². The highest BCUT2D eigenvalue weighted by Gasteiger charge is 2.18. The molecule has 4 aromatic carbocycles. The van der Waals surface area contributed by atoms with E-state index in [1.165, 1.54) is 11.1 Å². The van der Waals surface area contributed by atoms with Gasteiger partial charge in [0, 0.05) is 34.2 Å². The van der Waals surface area contributed by atoms with Gasteiger partial charge in [-0.25, -0.2) is 15.0 Å². The highest BCUT2D eigenvalue weighted by atomic mass is 14.8. The zero-order chi connectivity index (χ0) is 18.9. The van der Waals surface area contributed by atoms with Gasteiger partial charge < -0.3 is 0 Å². The van der Waals surface area contributed by atoms with Crippen LogP contribution in [0.25, 0.3) is 43.5 Å². The molecule has 134 valence electrons. The lowest BCUT2D eigenvalue weighted by Gasteiger charge is -2.16. The Morgan fingerprint density at radius 1 is 0.690 bits per heavy atom. The van der Waals surface area contributed by atoms with Gasteiger partial charge in [0.25, 0.3) is 0 Å². The van der Waals surface area contributed by atoms with Crippen molar-refractivity contribution >= 4 is 49.2 Å². The first-order valence-electron chi connectivity index (χ1n) is 9.70. The van der Waals surface area contributed by atoms with Gasteiger partial charge in [0.2, 0.25) is 0 Å². The van der Waals surface area contributed by atoms with Gasteiger partial charge in [-0.15, -0.1) is 0 Å². The average Bonchev–Trinajstić information content (AvgIpc) is 2.78. The van der Waals surface area contributed by atoms with Gasteiger partial charge in [-0.2, -0.15) is 0 Å². The lowest BCUT2D eigenvalue weighted by atomic mass is 9.93. The van der Waals surface area contributed by atoms with E-state index in [-0.39, 0.29) is 0 Å². The van der Waals surface area contributed by atoms with Crippen molar-refractivity contribution in [3.8, 4) is 0 Å². The molecule has 0 atom stereocenters. The summed E-state index contributed by atoms with van der Waals surface area (Å²) in [6.07, 6.45) is 4.36. The lowest BCUT2D eigenvalue weighted by Crippen LogP contribution is -2.15. The molecule has 3 heterocycles. The average molecular weight is 370 g/mol. The molecular formula is C25H14N4. The summed E-state index contributed by atoms with van der Waals surface area (Å²) < 4.78 is 0. The minimum atomic E-state index is 0.864. The van der Waals surface area contributed by atoms with Gasteiger partial charge in [0.1, 0.15) is 6.33 Å². The molecule has 0 saturated heterocycles. The second kappa shape index (κ2) is 5.32. The molecule has 6 aromatic rings. The number of benzene rings is 4. The van der Waals surface area contributed by atoms with Crippen LogP contribution in [0, 0.1) is 0 Å². The molecular weight excluding hydrogens is 356 g/mol. The number of fused-ring (bicyclic) bond motifs is 7. The minimum absolute atomic E-state index is 0.864. The zero-order valence-electron chi connectivity index (χ0n) is 15.4. The number of hydrogen-bond acceptors (Lipinski definition) is 4. The molecule has 2 aromatic heterocycles. The molecule has 1 aliphatic heterocycles. The van der Waals surface area contributed by atoms with Crippen molar-refractivity contribution in [1.29, 1.82) is 0 Å². The topological polar surface area (TPSA) is 51.0 Å². The van der Waals surface area contributed by atoms with E-state index in [1.807, 2.05) is 18.3 Å². The molecule has 0 fully saturated rings. The summed E-state index contributed by atoms with van der Waals surface area (Å²) in [6, 6.07) is 21.2. The van der Waals surface area contributed by atoms with Crippen LogP contribution in [-0.2, 0) is 6.42 Å². The minimum Gasteiger partial charge on any atom is -0.254 e. The van der Waals surface area contributed by atoms with E-state index < -0.39 is 0 Å². The molecule has 0 saturated carbocycles. The van der Waals surface area contributed by atoms with Crippen LogP contribution in [0.3, 0.4) is 0 Å². The molecule has 0 bridgehead atoms. The molecule has 0 N–H and O–H groups in total. The van der Waals surface area contributed by atoms with Crippen molar-refractivity contribution in [2.75, 3.05) is 0 Å². The summed E-state index contributed by atoms with van der Waals surface area (Å²) in [7, 11) is 0. The van der Waals surface area contributed by atoms with Crippen molar-refractivity contribution in [2.45, 2.75) is 6.42 Å². The molecule has 29 heavy (non-hydrogen) atoms. The first kappa shape index (κ1) is 15.1. The van der Waals surface area contributed by atoms with E-state index in [2.05, 4.69) is 63.5 Å². The molecule has 0 amide bonds. The Bertz CT molecular complexity index is 1680. The number of hydrogen-bond donors (Lipinski definition) is 0. The van der Waals surface area contributed by atoms with Gasteiger partial charge in [-0.05, 0) is 34.7 Å². The van der Waals surface area contributed by atoms with Crippen molar-refractivity contribution < 1.29 is 0 Å². The summed E-state index contributed by atoms with van der Waals surface area (Å²) >= 11 is 0. The Morgan fingerprint density at radius 3 is 2.62 bits per heavy atom. The Kier molecular flexibility index (Phi) is 2.76. The molecule has 0 aliphatic carbocycles. The fraction of sp³-hybridized carbons (Fsp3) is 0.0400. The summed E-state index contributed by atoms with van der Waals surface area (Å²) in [5.41, 5.74) is 6.39. The fourth-order valence-corrected chi connectivity index (χ4v) is 4.65. The predicted octanol–water partition coefficient (Wildman–Crippen LogP) is 5.06. The highest BCUT2D eigenvalue weighted by Crippen LogP contribution is 2.35. The first-order valence-corrected chi connectivity index (χ1v) is 9.70. The zero-order valence-corrected chi connectivity index (χ0v) is 15.4. The Balaban J connectivity index is 1.68. The SMILES string of the molecule is c1cnc2c3c(ccc2c1)Cc1ccc2c(cc4cccc5ncnc2c45)c1=N3. The number of pyridine rings is 1. The molecule has 1 aliphatic rings. The van der Waals surface area contributed by atoms with Gasteiger partial charge in [0.15, 0.2) is 0 Å². The van der Waals surface area contributed by atoms with E-state index in [9.17, 15) is 0 Å². The highest BCUT2D eigenvalue weighted by molar-refractivity contribution is 6.18. The second-order valence-corrected chi connectivity index (χ2v) is 7.58.